The molecule has 29 heavy (non-hydrogen) atoms. The lowest BCUT2D eigenvalue weighted by Crippen LogP contribution is -2.19. The van der Waals surface area contributed by atoms with Crippen LogP contribution in [0.15, 0.2) is 42.4 Å². The van der Waals surface area contributed by atoms with E-state index in [1.54, 1.807) is 25.6 Å². The van der Waals surface area contributed by atoms with Crippen LogP contribution < -0.4 is 10.1 Å². The minimum absolute atomic E-state index is 0.000599. The molecule has 0 atom stereocenters. The van der Waals surface area contributed by atoms with E-state index in [4.69, 9.17) is 4.74 Å². The molecule has 0 saturated heterocycles. The van der Waals surface area contributed by atoms with Gasteiger partial charge in [-0.1, -0.05) is 26.8 Å². The van der Waals surface area contributed by atoms with Gasteiger partial charge in [-0.05, 0) is 28.7 Å². The molecule has 0 spiro atoms. The van der Waals surface area contributed by atoms with Gasteiger partial charge in [-0.15, -0.1) is 0 Å². The van der Waals surface area contributed by atoms with Crippen LogP contribution in [0.1, 0.15) is 38.3 Å². The first kappa shape index (κ1) is 20.3. The van der Waals surface area contributed by atoms with Crippen LogP contribution in [0.2, 0.25) is 0 Å². The maximum absolute atomic E-state index is 12.2. The summed E-state index contributed by atoms with van der Waals surface area (Å²) < 4.78 is 5.25. The molecule has 2 N–H and O–H groups in total. The van der Waals surface area contributed by atoms with Gasteiger partial charge in [0.05, 0.1) is 19.7 Å². The third-order valence-electron chi connectivity index (χ3n) is 4.68. The highest BCUT2D eigenvalue weighted by molar-refractivity contribution is 5.92. The first-order valence-electron chi connectivity index (χ1n) is 9.29. The first-order valence-corrected chi connectivity index (χ1v) is 9.29. The second-order valence-corrected chi connectivity index (χ2v) is 7.87. The standard InChI is InChI=1S/C22H24N4O3/c1-22(2,3)16(13-27)8-20(28)26-19-6-5-14(10-23-19)7-15-11-24-21-18(15)9-17(29-4)12-25-21/h5-6,9-12H,7-8H2,1-4H3,(H,24,25)(H,23,26,28). The Kier molecular flexibility index (Phi) is 5.80. The summed E-state index contributed by atoms with van der Waals surface area (Å²) >= 11 is 0. The summed E-state index contributed by atoms with van der Waals surface area (Å²) in [5, 5.41) is 3.72. The number of nitrogens with one attached hydrogen (secondary N) is 2. The largest absolute Gasteiger partial charge is 0.495 e. The molecular weight excluding hydrogens is 368 g/mol. The Bertz CT molecular complexity index is 1070. The van der Waals surface area contributed by atoms with Crippen molar-refractivity contribution >= 4 is 28.7 Å². The minimum Gasteiger partial charge on any atom is -0.495 e. The summed E-state index contributed by atoms with van der Waals surface area (Å²) in [7, 11) is 1.61. The third kappa shape index (κ3) is 4.89. The number of methoxy groups -OCH3 is 1. The number of ether oxygens (including phenoxy) is 1. The molecule has 0 aromatic carbocycles. The zero-order chi connectivity index (χ0) is 21.0. The number of nitrogens with zero attached hydrogens (tertiary/aromatic N) is 2. The Hall–Kier alpha value is -3.44. The number of aromatic nitrogens is 3. The second kappa shape index (κ2) is 8.29. The van der Waals surface area contributed by atoms with Gasteiger partial charge in [0.2, 0.25) is 5.91 Å². The monoisotopic (exact) mass is 392 g/mol. The summed E-state index contributed by atoms with van der Waals surface area (Å²) in [4.78, 5) is 35.1. The van der Waals surface area contributed by atoms with E-state index in [9.17, 15) is 9.59 Å². The Labute approximate surface area is 169 Å². The predicted molar refractivity (Wildman–Crippen MR) is 112 cm³/mol. The van der Waals surface area contributed by atoms with Crippen molar-refractivity contribution in [3.63, 3.8) is 0 Å². The van der Waals surface area contributed by atoms with Crippen molar-refractivity contribution in [3.8, 4) is 5.75 Å². The third-order valence-corrected chi connectivity index (χ3v) is 4.68. The van der Waals surface area contributed by atoms with Gasteiger partial charge < -0.3 is 15.0 Å². The Morgan fingerprint density at radius 1 is 1.24 bits per heavy atom. The van der Waals surface area contributed by atoms with E-state index < -0.39 is 5.41 Å². The number of H-pyrrole nitrogens is 1. The SMILES string of the molecule is COc1cnc2[nH]cc(Cc3ccc(NC(=O)CC(=C=O)C(C)(C)C)nc3)c2c1. The number of rotatable bonds is 6. The molecule has 7 nitrogen and oxygen atoms in total. The van der Waals surface area contributed by atoms with Crippen LogP contribution >= 0.6 is 0 Å². The van der Waals surface area contributed by atoms with Crippen molar-refractivity contribution in [2.24, 2.45) is 5.41 Å². The summed E-state index contributed by atoms with van der Waals surface area (Å²) in [6.45, 7) is 5.64. The maximum Gasteiger partial charge on any atom is 0.230 e. The van der Waals surface area contributed by atoms with E-state index in [2.05, 4.69) is 20.3 Å². The highest BCUT2D eigenvalue weighted by Crippen LogP contribution is 2.26. The molecule has 0 aliphatic rings. The van der Waals surface area contributed by atoms with Crippen LogP contribution in [-0.2, 0) is 16.0 Å². The summed E-state index contributed by atoms with van der Waals surface area (Å²) in [6.07, 6.45) is 5.99. The number of fused-ring (bicyclic) bond motifs is 1. The molecule has 3 heterocycles. The molecule has 1 amide bonds. The molecule has 3 aromatic rings. The molecule has 0 radical (unpaired) electrons. The molecule has 150 valence electrons. The summed E-state index contributed by atoms with van der Waals surface area (Å²) in [6, 6.07) is 5.61. The van der Waals surface area contributed by atoms with Crippen LogP contribution in [0, 0.1) is 5.41 Å². The van der Waals surface area contributed by atoms with E-state index in [0.717, 1.165) is 22.2 Å². The fourth-order valence-corrected chi connectivity index (χ4v) is 2.92. The number of pyridine rings is 2. The summed E-state index contributed by atoms with van der Waals surface area (Å²) in [5.74, 6) is 2.75. The lowest BCUT2D eigenvalue weighted by molar-refractivity contribution is -0.115. The normalized spacial score (nSPS) is 11.2. The number of carbonyl (C=O) groups is 1. The van der Waals surface area contributed by atoms with E-state index >= 15 is 0 Å². The van der Waals surface area contributed by atoms with Crippen molar-refractivity contribution in [2.75, 3.05) is 12.4 Å². The molecule has 0 saturated carbocycles. The number of anilines is 1. The molecule has 0 unspecified atom stereocenters. The maximum atomic E-state index is 12.2. The van der Waals surface area contributed by atoms with Crippen LogP contribution in [0.5, 0.6) is 5.75 Å². The van der Waals surface area contributed by atoms with Crippen molar-refractivity contribution < 1.29 is 14.3 Å². The minimum atomic E-state index is -0.396. The number of carbonyl (C=O) groups excluding carboxylic acids is 2. The number of aromatic amines is 1. The first-order chi connectivity index (χ1) is 13.8. The van der Waals surface area contributed by atoms with E-state index in [1.807, 2.05) is 45.0 Å². The van der Waals surface area contributed by atoms with Gasteiger partial charge in [0, 0.05) is 29.8 Å². The molecule has 0 aliphatic carbocycles. The van der Waals surface area contributed by atoms with Crippen molar-refractivity contribution in [2.45, 2.75) is 33.6 Å². The predicted octanol–water partition coefficient (Wildman–Crippen LogP) is 3.69. The van der Waals surface area contributed by atoms with Crippen LogP contribution in [0.4, 0.5) is 5.82 Å². The summed E-state index contributed by atoms with van der Waals surface area (Å²) in [5.41, 5.74) is 2.91. The fourth-order valence-electron chi connectivity index (χ4n) is 2.92. The number of hydrogen-bond acceptors (Lipinski definition) is 5. The van der Waals surface area contributed by atoms with Gasteiger partial charge in [0.1, 0.15) is 23.2 Å². The Morgan fingerprint density at radius 2 is 2.03 bits per heavy atom. The van der Waals surface area contributed by atoms with E-state index in [-0.39, 0.29) is 12.3 Å². The van der Waals surface area contributed by atoms with Gasteiger partial charge in [-0.25, -0.2) is 14.8 Å². The topological polar surface area (TPSA) is 97.0 Å². The van der Waals surface area contributed by atoms with E-state index in [1.165, 1.54) is 0 Å². The van der Waals surface area contributed by atoms with Crippen molar-refractivity contribution in [1.82, 2.24) is 15.0 Å². The van der Waals surface area contributed by atoms with Crippen molar-refractivity contribution in [1.29, 1.82) is 0 Å². The average molecular weight is 392 g/mol. The quantitative estimate of drug-likeness (QED) is 0.624. The van der Waals surface area contributed by atoms with Crippen LogP contribution in [0.25, 0.3) is 11.0 Å². The Morgan fingerprint density at radius 3 is 2.66 bits per heavy atom. The fraction of sp³-hybridized carbons (Fsp3) is 0.318. The van der Waals surface area contributed by atoms with Crippen LogP contribution in [-0.4, -0.2) is 33.9 Å². The average Bonchev–Trinajstić information content (AvgIpc) is 3.08. The van der Waals surface area contributed by atoms with Gasteiger partial charge >= 0.3 is 0 Å². The Balaban J connectivity index is 1.68. The molecule has 3 aromatic heterocycles. The number of hydrogen-bond donors (Lipinski definition) is 2. The zero-order valence-electron chi connectivity index (χ0n) is 17.0. The van der Waals surface area contributed by atoms with Crippen molar-refractivity contribution in [3.05, 3.63) is 53.5 Å². The molecule has 0 aliphatic heterocycles. The van der Waals surface area contributed by atoms with Gasteiger partial charge in [0.25, 0.3) is 0 Å². The number of amides is 1. The molecule has 7 heteroatoms. The van der Waals surface area contributed by atoms with E-state index in [0.29, 0.717) is 23.6 Å². The highest BCUT2D eigenvalue weighted by atomic mass is 16.5. The zero-order valence-corrected chi connectivity index (χ0v) is 17.0. The smallest absolute Gasteiger partial charge is 0.230 e. The molecule has 0 fully saturated rings. The lowest BCUT2D eigenvalue weighted by atomic mass is 9.85. The van der Waals surface area contributed by atoms with Crippen LogP contribution in [0.3, 0.4) is 0 Å². The second-order valence-electron chi connectivity index (χ2n) is 7.87. The molecule has 0 bridgehead atoms. The lowest BCUT2D eigenvalue weighted by Gasteiger charge is -2.18. The molecule has 3 rings (SSSR count). The van der Waals surface area contributed by atoms with Gasteiger partial charge in [-0.3, -0.25) is 4.79 Å². The van der Waals surface area contributed by atoms with Gasteiger partial charge in [-0.2, -0.15) is 0 Å². The van der Waals surface area contributed by atoms with Gasteiger partial charge in [0.15, 0.2) is 0 Å². The molecular formula is C22H24N4O3. The highest BCUT2D eigenvalue weighted by Gasteiger charge is 2.21.